The predicted molar refractivity (Wildman–Crippen MR) is 97.4 cm³/mol. The van der Waals surface area contributed by atoms with Gasteiger partial charge in [0, 0.05) is 19.8 Å². The number of anilines is 1. The van der Waals surface area contributed by atoms with Crippen LogP contribution < -0.4 is 4.90 Å². The van der Waals surface area contributed by atoms with E-state index < -0.39 is 11.2 Å². The predicted octanol–water partition coefficient (Wildman–Crippen LogP) is 3.32. The topological polar surface area (TPSA) is 43.7 Å². The SMILES string of the molecule is CCC1(O)C=CC(O)(C=CC=Cc2ccc(N(C)C)cc2)C=C1. The number of allylic oxidation sites excluding steroid dienone is 2. The lowest BCUT2D eigenvalue weighted by atomic mass is 9.88. The highest BCUT2D eigenvalue weighted by Crippen LogP contribution is 2.25. The zero-order valence-electron chi connectivity index (χ0n) is 14.0. The fraction of sp³-hybridized carbons (Fsp3) is 0.300. The molecule has 0 radical (unpaired) electrons. The van der Waals surface area contributed by atoms with Gasteiger partial charge >= 0.3 is 0 Å². The molecule has 1 aromatic carbocycles. The van der Waals surface area contributed by atoms with Gasteiger partial charge in [-0.05, 0) is 54.5 Å². The molecular weight excluding hydrogens is 286 g/mol. The minimum atomic E-state index is -1.14. The molecule has 0 amide bonds. The molecule has 23 heavy (non-hydrogen) atoms. The number of hydrogen-bond acceptors (Lipinski definition) is 3. The van der Waals surface area contributed by atoms with E-state index in [1.165, 1.54) is 0 Å². The molecule has 3 heteroatoms. The molecule has 0 spiro atoms. The summed E-state index contributed by atoms with van der Waals surface area (Å²) < 4.78 is 0. The van der Waals surface area contributed by atoms with Crippen molar-refractivity contribution >= 4 is 11.8 Å². The van der Waals surface area contributed by atoms with E-state index in [1.54, 1.807) is 30.4 Å². The Balaban J connectivity index is 1.99. The standard InChI is InChI=1S/C20H25NO2/c1-4-19(22)13-15-20(23,16-14-19)12-6-5-7-17-8-10-18(11-9-17)21(2)3/h5-16,22-23H,4H2,1-3H3. The van der Waals surface area contributed by atoms with Gasteiger partial charge in [0.2, 0.25) is 0 Å². The van der Waals surface area contributed by atoms with Crippen LogP contribution in [-0.4, -0.2) is 35.5 Å². The number of hydrogen-bond donors (Lipinski definition) is 2. The molecule has 0 aromatic heterocycles. The van der Waals surface area contributed by atoms with Gasteiger partial charge in [-0.15, -0.1) is 0 Å². The fourth-order valence-corrected chi connectivity index (χ4v) is 2.27. The first-order valence-electron chi connectivity index (χ1n) is 7.85. The van der Waals surface area contributed by atoms with Gasteiger partial charge in [0.15, 0.2) is 0 Å². The molecule has 0 fully saturated rings. The van der Waals surface area contributed by atoms with Crippen LogP contribution >= 0.6 is 0 Å². The summed E-state index contributed by atoms with van der Waals surface area (Å²) in [4.78, 5) is 2.06. The van der Waals surface area contributed by atoms with E-state index in [2.05, 4.69) is 29.2 Å². The molecule has 0 heterocycles. The maximum absolute atomic E-state index is 10.4. The van der Waals surface area contributed by atoms with E-state index in [9.17, 15) is 10.2 Å². The third-order valence-electron chi connectivity index (χ3n) is 4.02. The van der Waals surface area contributed by atoms with Crippen LogP contribution in [0.15, 0.2) is 66.8 Å². The fourth-order valence-electron chi connectivity index (χ4n) is 2.27. The molecule has 122 valence electrons. The Hall–Kier alpha value is -2.10. The Kier molecular flexibility index (Phi) is 5.24. The van der Waals surface area contributed by atoms with E-state index in [-0.39, 0.29) is 0 Å². The van der Waals surface area contributed by atoms with Crippen LogP contribution in [0.5, 0.6) is 0 Å². The van der Waals surface area contributed by atoms with Crippen molar-refractivity contribution in [1.29, 1.82) is 0 Å². The highest BCUT2D eigenvalue weighted by Gasteiger charge is 2.27. The first-order valence-corrected chi connectivity index (χ1v) is 7.85. The van der Waals surface area contributed by atoms with Gasteiger partial charge < -0.3 is 15.1 Å². The smallest absolute Gasteiger partial charge is 0.120 e. The van der Waals surface area contributed by atoms with Gasteiger partial charge in [-0.3, -0.25) is 0 Å². The Morgan fingerprint density at radius 2 is 1.57 bits per heavy atom. The normalized spacial score (nSPS) is 27.2. The number of nitrogens with zero attached hydrogens (tertiary/aromatic N) is 1. The number of rotatable bonds is 5. The largest absolute Gasteiger partial charge is 0.382 e. The molecular formula is C20H25NO2. The molecule has 0 aliphatic heterocycles. The highest BCUT2D eigenvalue weighted by atomic mass is 16.3. The average Bonchev–Trinajstić information content (AvgIpc) is 2.55. The zero-order chi connectivity index (χ0) is 16.9. The van der Waals surface area contributed by atoms with Crippen molar-refractivity contribution in [2.75, 3.05) is 19.0 Å². The average molecular weight is 311 g/mol. The minimum absolute atomic E-state index is 0.586. The van der Waals surface area contributed by atoms with Crippen LogP contribution in [0, 0.1) is 0 Å². The number of benzene rings is 1. The van der Waals surface area contributed by atoms with Crippen molar-refractivity contribution in [3.63, 3.8) is 0 Å². The summed E-state index contributed by atoms with van der Waals surface area (Å²) in [6, 6.07) is 8.23. The summed E-state index contributed by atoms with van der Waals surface area (Å²) in [6.07, 6.45) is 14.5. The van der Waals surface area contributed by atoms with E-state index in [0.29, 0.717) is 6.42 Å². The lowest BCUT2D eigenvalue weighted by Crippen LogP contribution is -2.31. The Bertz CT molecular complexity index is 622. The summed E-state index contributed by atoms with van der Waals surface area (Å²) in [7, 11) is 4.03. The van der Waals surface area contributed by atoms with E-state index in [0.717, 1.165) is 11.3 Å². The highest BCUT2D eigenvalue weighted by molar-refractivity contribution is 5.56. The van der Waals surface area contributed by atoms with Crippen LogP contribution in [0.3, 0.4) is 0 Å². The van der Waals surface area contributed by atoms with Crippen LogP contribution in [-0.2, 0) is 0 Å². The van der Waals surface area contributed by atoms with Gasteiger partial charge in [0.05, 0.1) is 0 Å². The summed E-state index contributed by atoms with van der Waals surface area (Å²) in [5, 5.41) is 20.5. The van der Waals surface area contributed by atoms with Crippen LogP contribution in [0.4, 0.5) is 5.69 Å². The summed E-state index contributed by atoms with van der Waals surface area (Å²) in [5.74, 6) is 0. The molecule has 2 N–H and O–H groups in total. The van der Waals surface area contributed by atoms with E-state index in [1.807, 2.05) is 39.2 Å². The Morgan fingerprint density at radius 3 is 2.09 bits per heavy atom. The molecule has 0 saturated heterocycles. The minimum Gasteiger partial charge on any atom is -0.382 e. The van der Waals surface area contributed by atoms with Gasteiger partial charge in [0.25, 0.3) is 0 Å². The monoisotopic (exact) mass is 311 g/mol. The van der Waals surface area contributed by atoms with Crippen molar-refractivity contribution in [2.24, 2.45) is 0 Å². The molecule has 0 saturated carbocycles. The summed E-state index contributed by atoms with van der Waals surface area (Å²) in [5.41, 5.74) is 0.181. The molecule has 1 aliphatic carbocycles. The van der Waals surface area contributed by atoms with Crippen LogP contribution in [0.2, 0.25) is 0 Å². The second kappa shape index (κ2) is 6.99. The quantitative estimate of drug-likeness (QED) is 0.647. The van der Waals surface area contributed by atoms with Crippen molar-refractivity contribution in [3.05, 3.63) is 72.4 Å². The molecule has 1 aliphatic rings. The number of aliphatic hydroxyl groups is 2. The Morgan fingerprint density at radius 1 is 0.957 bits per heavy atom. The first kappa shape index (κ1) is 17.3. The van der Waals surface area contributed by atoms with Gasteiger partial charge in [-0.1, -0.05) is 37.3 Å². The van der Waals surface area contributed by atoms with Crippen molar-refractivity contribution in [3.8, 4) is 0 Å². The second-order valence-corrected chi connectivity index (χ2v) is 6.10. The van der Waals surface area contributed by atoms with Gasteiger partial charge in [0.1, 0.15) is 11.2 Å². The molecule has 0 atom stereocenters. The second-order valence-electron chi connectivity index (χ2n) is 6.10. The van der Waals surface area contributed by atoms with E-state index in [4.69, 9.17) is 0 Å². The summed E-state index contributed by atoms with van der Waals surface area (Å²) in [6.45, 7) is 1.90. The lowest BCUT2D eigenvalue weighted by molar-refractivity contribution is 0.121. The van der Waals surface area contributed by atoms with Gasteiger partial charge in [-0.2, -0.15) is 0 Å². The van der Waals surface area contributed by atoms with Gasteiger partial charge in [-0.25, -0.2) is 0 Å². The Labute approximate surface area is 138 Å². The van der Waals surface area contributed by atoms with Crippen molar-refractivity contribution in [1.82, 2.24) is 0 Å². The maximum Gasteiger partial charge on any atom is 0.120 e. The molecule has 1 aromatic rings. The molecule has 0 bridgehead atoms. The molecule has 3 nitrogen and oxygen atoms in total. The van der Waals surface area contributed by atoms with Crippen LogP contribution in [0.25, 0.3) is 6.08 Å². The third kappa shape index (κ3) is 4.68. The van der Waals surface area contributed by atoms with Crippen LogP contribution in [0.1, 0.15) is 18.9 Å². The molecule has 2 rings (SSSR count). The molecule has 0 unspecified atom stereocenters. The summed E-state index contributed by atoms with van der Waals surface area (Å²) >= 11 is 0. The third-order valence-corrected chi connectivity index (χ3v) is 4.02. The maximum atomic E-state index is 10.4. The van der Waals surface area contributed by atoms with Crippen molar-refractivity contribution < 1.29 is 10.2 Å². The zero-order valence-corrected chi connectivity index (χ0v) is 14.0. The first-order chi connectivity index (χ1) is 10.9. The lowest BCUT2D eigenvalue weighted by Gasteiger charge is -2.27. The van der Waals surface area contributed by atoms with Crippen molar-refractivity contribution in [2.45, 2.75) is 24.5 Å². The van der Waals surface area contributed by atoms with E-state index >= 15 is 0 Å².